The van der Waals surface area contributed by atoms with Crippen LogP contribution in [0.3, 0.4) is 0 Å². The third-order valence-electron chi connectivity index (χ3n) is 4.65. The number of ether oxygens (including phenoxy) is 1. The van der Waals surface area contributed by atoms with Gasteiger partial charge in [0.15, 0.2) is 0 Å². The summed E-state index contributed by atoms with van der Waals surface area (Å²) in [5, 5.41) is 6.32. The Morgan fingerprint density at radius 1 is 0.938 bits per heavy atom. The molecule has 0 bridgehead atoms. The Labute approximate surface area is 197 Å². The third kappa shape index (κ3) is 5.04. The fraction of sp³-hybridized carbons (Fsp3) is 0. The SMILES string of the molecule is O=C(N/N=C\c1ccc(OC(=O)c2cccc3ccccc23)c(Br)c1)c1ccc(Cl)cc1. The van der Waals surface area contributed by atoms with E-state index in [0.29, 0.717) is 31.9 Å². The number of benzene rings is 4. The molecule has 0 saturated heterocycles. The maximum absolute atomic E-state index is 12.7. The highest BCUT2D eigenvalue weighted by Crippen LogP contribution is 2.27. The number of halogens is 2. The van der Waals surface area contributed by atoms with Gasteiger partial charge in [-0.3, -0.25) is 4.79 Å². The lowest BCUT2D eigenvalue weighted by molar-refractivity contribution is 0.0735. The van der Waals surface area contributed by atoms with Gasteiger partial charge in [-0.1, -0.05) is 48.0 Å². The minimum Gasteiger partial charge on any atom is -0.422 e. The Balaban J connectivity index is 1.44. The number of nitrogens with zero attached hydrogens (tertiary/aromatic N) is 1. The molecule has 0 fully saturated rings. The van der Waals surface area contributed by atoms with Crippen LogP contribution in [-0.4, -0.2) is 18.1 Å². The summed E-state index contributed by atoms with van der Waals surface area (Å²) in [7, 11) is 0. The zero-order valence-electron chi connectivity index (χ0n) is 16.6. The number of fused-ring (bicyclic) bond motifs is 1. The highest BCUT2D eigenvalue weighted by Gasteiger charge is 2.14. The van der Waals surface area contributed by atoms with Crippen LogP contribution in [-0.2, 0) is 0 Å². The van der Waals surface area contributed by atoms with E-state index in [1.807, 2.05) is 36.4 Å². The van der Waals surface area contributed by atoms with Crippen molar-refractivity contribution < 1.29 is 14.3 Å². The van der Waals surface area contributed by atoms with Gasteiger partial charge >= 0.3 is 5.97 Å². The van der Waals surface area contributed by atoms with E-state index in [1.165, 1.54) is 6.21 Å². The number of rotatable bonds is 5. The summed E-state index contributed by atoms with van der Waals surface area (Å²) < 4.78 is 6.18. The largest absolute Gasteiger partial charge is 0.422 e. The fourth-order valence-corrected chi connectivity index (χ4v) is 3.67. The minimum absolute atomic E-state index is 0.349. The average molecular weight is 508 g/mol. The Morgan fingerprint density at radius 3 is 2.47 bits per heavy atom. The molecule has 1 amide bonds. The van der Waals surface area contributed by atoms with Crippen LogP contribution < -0.4 is 10.2 Å². The molecule has 0 aliphatic rings. The van der Waals surface area contributed by atoms with Crippen LogP contribution in [0.4, 0.5) is 0 Å². The number of esters is 1. The van der Waals surface area contributed by atoms with E-state index < -0.39 is 5.97 Å². The van der Waals surface area contributed by atoms with Crippen LogP contribution in [0.25, 0.3) is 10.8 Å². The molecular weight excluding hydrogens is 492 g/mol. The summed E-state index contributed by atoms with van der Waals surface area (Å²) in [6.07, 6.45) is 1.49. The van der Waals surface area contributed by atoms with Crippen molar-refractivity contribution in [1.29, 1.82) is 0 Å². The highest BCUT2D eigenvalue weighted by atomic mass is 79.9. The molecule has 0 radical (unpaired) electrons. The van der Waals surface area contributed by atoms with E-state index in [-0.39, 0.29) is 5.91 Å². The summed E-state index contributed by atoms with van der Waals surface area (Å²) in [5.74, 6) is -0.415. The molecule has 0 heterocycles. The molecule has 32 heavy (non-hydrogen) atoms. The van der Waals surface area contributed by atoms with Gasteiger partial charge in [0.25, 0.3) is 5.91 Å². The maximum atomic E-state index is 12.7. The number of hydrazone groups is 1. The molecule has 0 aliphatic heterocycles. The van der Waals surface area contributed by atoms with Gasteiger partial charge in [0.1, 0.15) is 5.75 Å². The number of hydrogen-bond donors (Lipinski definition) is 1. The van der Waals surface area contributed by atoms with Crippen LogP contribution in [0.2, 0.25) is 5.02 Å². The van der Waals surface area contributed by atoms with Gasteiger partial charge in [0, 0.05) is 10.6 Å². The first-order chi connectivity index (χ1) is 15.5. The molecular formula is C25H16BrClN2O3. The van der Waals surface area contributed by atoms with E-state index in [0.717, 1.165) is 10.8 Å². The zero-order chi connectivity index (χ0) is 22.5. The van der Waals surface area contributed by atoms with Crippen LogP contribution in [0.5, 0.6) is 5.75 Å². The second-order valence-electron chi connectivity index (χ2n) is 6.81. The van der Waals surface area contributed by atoms with Gasteiger partial charge in [-0.05, 0) is 80.8 Å². The molecule has 7 heteroatoms. The minimum atomic E-state index is -0.445. The van der Waals surface area contributed by atoms with Crippen molar-refractivity contribution in [3.05, 3.63) is 111 Å². The first-order valence-electron chi connectivity index (χ1n) is 9.60. The average Bonchev–Trinajstić information content (AvgIpc) is 2.80. The molecule has 0 aliphatic carbocycles. The number of carbonyl (C=O) groups is 2. The van der Waals surface area contributed by atoms with Crippen molar-refractivity contribution in [1.82, 2.24) is 5.43 Å². The molecule has 0 atom stereocenters. The fourth-order valence-electron chi connectivity index (χ4n) is 3.07. The van der Waals surface area contributed by atoms with Crippen LogP contribution in [0, 0.1) is 0 Å². The van der Waals surface area contributed by atoms with E-state index in [4.69, 9.17) is 16.3 Å². The molecule has 0 unspecified atom stereocenters. The molecule has 0 spiro atoms. The predicted octanol–water partition coefficient (Wildman–Crippen LogP) is 6.24. The number of hydrogen-bond acceptors (Lipinski definition) is 4. The first-order valence-corrected chi connectivity index (χ1v) is 10.8. The Hall–Kier alpha value is -3.48. The van der Waals surface area contributed by atoms with Gasteiger partial charge in [0.05, 0.1) is 16.3 Å². The lowest BCUT2D eigenvalue weighted by atomic mass is 10.0. The quantitative estimate of drug-likeness (QED) is 0.150. The van der Waals surface area contributed by atoms with Crippen molar-refractivity contribution >= 4 is 56.4 Å². The molecule has 158 valence electrons. The maximum Gasteiger partial charge on any atom is 0.344 e. The van der Waals surface area contributed by atoms with E-state index in [1.54, 1.807) is 48.5 Å². The van der Waals surface area contributed by atoms with Gasteiger partial charge in [-0.15, -0.1) is 0 Å². The third-order valence-corrected chi connectivity index (χ3v) is 5.53. The lowest BCUT2D eigenvalue weighted by Crippen LogP contribution is -2.17. The molecule has 0 aromatic heterocycles. The van der Waals surface area contributed by atoms with E-state index >= 15 is 0 Å². The number of amides is 1. The van der Waals surface area contributed by atoms with Gasteiger partial charge in [0.2, 0.25) is 0 Å². The standard InChI is InChI=1S/C25H16BrClN2O3/c26-22-14-16(15-28-29-24(30)18-9-11-19(27)12-10-18)8-13-23(22)32-25(31)21-7-3-5-17-4-1-2-6-20(17)21/h1-15H,(H,29,30)/b28-15-. The molecule has 4 aromatic carbocycles. The van der Waals surface area contributed by atoms with E-state index in [2.05, 4.69) is 26.5 Å². The summed E-state index contributed by atoms with van der Waals surface area (Å²) in [5.41, 5.74) is 4.10. The second kappa shape index (κ2) is 9.77. The summed E-state index contributed by atoms with van der Waals surface area (Å²) in [6.45, 7) is 0. The van der Waals surface area contributed by atoms with Crippen LogP contribution >= 0.6 is 27.5 Å². The number of carbonyl (C=O) groups excluding carboxylic acids is 2. The molecule has 5 nitrogen and oxygen atoms in total. The molecule has 0 saturated carbocycles. The van der Waals surface area contributed by atoms with Crippen LogP contribution in [0.15, 0.2) is 94.5 Å². The van der Waals surface area contributed by atoms with Crippen molar-refractivity contribution in [3.63, 3.8) is 0 Å². The summed E-state index contributed by atoms with van der Waals surface area (Å²) >= 11 is 9.25. The van der Waals surface area contributed by atoms with Crippen molar-refractivity contribution in [2.45, 2.75) is 0 Å². The summed E-state index contributed by atoms with van der Waals surface area (Å²) in [4.78, 5) is 24.8. The van der Waals surface area contributed by atoms with Crippen molar-refractivity contribution in [2.75, 3.05) is 0 Å². The first kappa shape index (κ1) is 21.7. The Morgan fingerprint density at radius 2 is 1.69 bits per heavy atom. The van der Waals surface area contributed by atoms with Crippen molar-refractivity contribution in [2.24, 2.45) is 5.10 Å². The highest BCUT2D eigenvalue weighted by molar-refractivity contribution is 9.10. The van der Waals surface area contributed by atoms with Gasteiger partial charge in [-0.25, -0.2) is 10.2 Å². The predicted molar refractivity (Wildman–Crippen MR) is 130 cm³/mol. The Bertz CT molecular complexity index is 1330. The monoisotopic (exact) mass is 506 g/mol. The van der Waals surface area contributed by atoms with Crippen molar-refractivity contribution in [3.8, 4) is 5.75 Å². The molecule has 4 rings (SSSR count). The molecule has 1 N–H and O–H groups in total. The number of nitrogens with one attached hydrogen (secondary N) is 1. The van der Waals surface area contributed by atoms with E-state index in [9.17, 15) is 9.59 Å². The van der Waals surface area contributed by atoms with Gasteiger partial charge in [-0.2, -0.15) is 5.10 Å². The second-order valence-corrected chi connectivity index (χ2v) is 8.10. The summed E-state index contributed by atoms with van der Waals surface area (Å²) in [6, 6.07) is 24.8. The van der Waals surface area contributed by atoms with Gasteiger partial charge < -0.3 is 4.74 Å². The Kier molecular flexibility index (Phi) is 6.63. The zero-order valence-corrected chi connectivity index (χ0v) is 18.9. The smallest absolute Gasteiger partial charge is 0.344 e. The molecule has 4 aromatic rings. The topological polar surface area (TPSA) is 67.8 Å². The van der Waals surface area contributed by atoms with Crippen LogP contribution in [0.1, 0.15) is 26.3 Å². The normalized spacial score (nSPS) is 10.9. The lowest BCUT2D eigenvalue weighted by Gasteiger charge is -2.09.